The Morgan fingerprint density at radius 3 is 2.90 bits per heavy atom. The first-order chi connectivity index (χ1) is 9.61. The third-order valence-corrected chi connectivity index (χ3v) is 3.14. The summed E-state index contributed by atoms with van der Waals surface area (Å²) in [6, 6.07) is 8.58. The van der Waals surface area contributed by atoms with Gasteiger partial charge in [-0.05, 0) is 24.1 Å². The molecule has 0 saturated carbocycles. The van der Waals surface area contributed by atoms with E-state index < -0.39 is 11.7 Å². The van der Waals surface area contributed by atoms with Gasteiger partial charge in [-0.3, -0.25) is 4.79 Å². The molecule has 1 N–H and O–H groups in total. The average Bonchev–Trinajstić information content (AvgIpc) is 2.44. The lowest BCUT2D eigenvalue weighted by molar-refractivity contribution is 0.102. The number of carbonyl (C=O) groups is 1. The molecule has 0 unspecified atom stereocenters. The molecule has 0 aliphatic carbocycles. The van der Waals surface area contributed by atoms with Gasteiger partial charge in [-0.1, -0.05) is 43.1 Å². The number of aromatic nitrogens is 1. The van der Waals surface area contributed by atoms with Gasteiger partial charge >= 0.3 is 0 Å². The molecule has 1 heterocycles. The zero-order valence-corrected chi connectivity index (χ0v) is 11.7. The van der Waals surface area contributed by atoms with Gasteiger partial charge in [-0.15, -0.1) is 0 Å². The number of halogens is 2. The highest BCUT2D eigenvalue weighted by Crippen LogP contribution is 2.20. The van der Waals surface area contributed by atoms with E-state index in [0.29, 0.717) is 5.69 Å². The van der Waals surface area contributed by atoms with Crippen LogP contribution in [0.2, 0.25) is 5.15 Å². The van der Waals surface area contributed by atoms with E-state index in [2.05, 4.69) is 17.2 Å². The molecule has 2 rings (SSSR count). The molecule has 0 atom stereocenters. The van der Waals surface area contributed by atoms with E-state index in [1.54, 1.807) is 0 Å². The van der Waals surface area contributed by atoms with E-state index in [9.17, 15) is 9.18 Å². The fourth-order valence-electron chi connectivity index (χ4n) is 1.90. The molecule has 0 aliphatic heterocycles. The maximum absolute atomic E-state index is 13.1. The van der Waals surface area contributed by atoms with Crippen molar-refractivity contribution in [1.82, 2.24) is 4.98 Å². The molecule has 20 heavy (non-hydrogen) atoms. The summed E-state index contributed by atoms with van der Waals surface area (Å²) in [6.45, 7) is 2.06. The summed E-state index contributed by atoms with van der Waals surface area (Å²) in [7, 11) is 0. The Morgan fingerprint density at radius 2 is 2.15 bits per heavy atom. The number of nitrogens with one attached hydrogen (secondary N) is 1. The van der Waals surface area contributed by atoms with Crippen molar-refractivity contribution in [1.29, 1.82) is 0 Å². The fourth-order valence-corrected chi connectivity index (χ4v) is 2.09. The molecule has 0 fully saturated rings. The van der Waals surface area contributed by atoms with Gasteiger partial charge in [0.2, 0.25) is 0 Å². The van der Waals surface area contributed by atoms with Crippen LogP contribution in [0.5, 0.6) is 0 Å². The summed E-state index contributed by atoms with van der Waals surface area (Å²) in [6.07, 6.45) is 2.80. The van der Waals surface area contributed by atoms with Crippen LogP contribution in [-0.2, 0) is 6.42 Å². The highest BCUT2D eigenvalue weighted by Gasteiger charge is 2.14. The van der Waals surface area contributed by atoms with Gasteiger partial charge in [0.15, 0.2) is 0 Å². The second kappa shape index (κ2) is 6.48. The predicted molar refractivity (Wildman–Crippen MR) is 77.6 cm³/mol. The Morgan fingerprint density at radius 1 is 1.40 bits per heavy atom. The molecule has 0 radical (unpaired) electrons. The number of pyridine rings is 1. The standard InChI is InChI=1S/C15H14ClFN2O/c1-2-5-10-6-3-4-7-13(10)19-15(20)12-8-11(17)9-18-14(12)16/h3-4,6-9H,2,5H2,1H3,(H,19,20). The van der Waals surface area contributed by atoms with Gasteiger partial charge in [0.25, 0.3) is 5.91 Å². The number of nitrogens with zero attached hydrogens (tertiary/aromatic N) is 1. The van der Waals surface area contributed by atoms with Crippen molar-refractivity contribution >= 4 is 23.2 Å². The molecule has 104 valence electrons. The van der Waals surface area contributed by atoms with Gasteiger partial charge in [-0.25, -0.2) is 9.37 Å². The number of benzene rings is 1. The van der Waals surface area contributed by atoms with Crippen LogP contribution in [0.25, 0.3) is 0 Å². The monoisotopic (exact) mass is 292 g/mol. The number of para-hydroxylation sites is 1. The molecule has 5 heteroatoms. The third-order valence-electron chi connectivity index (χ3n) is 2.84. The lowest BCUT2D eigenvalue weighted by Gasteiger charge is -2.11. The summed E-state index contributed by atoms with van der Waals surface area (Å²) in [5.41, 5.74) is 1.77. The molecule has 1 aromatic carbocycles. The Hall–Kier alpha value is -1.94. The molecular formula is C15H14ClFN2O. The van der Waals surface area contributed by atoms with E-state index in [-0.39, 0.29) is 10.7 Å². The van der Waals surface area contributed by atoms with Crippen molar-refractivity contribution in [2.75, 3.05) is 5.32 Å². The number of hydrogen-bond acceptors (Lipinski definition) is 2. The lowest BCUT2D eigenvalue weighted by atomic mass is 10.1. The summed E-state index contributed by atoms with van der Waals surface area (Å²) in [4.78, 5) is 15.8. The SMILES string of the molecule is CCCc1ccccc1NC(=O)c1cc(F)cnc1Cl. The minimum Gasteiger partial charge on any atom is -0.322 e. The molecular weight excluding hydrogens is 279 g/mol. The minimum atomic E-state index is -0.596. The maximum Gasteiger partial charge on any atom is 0.258 e. The Kier molecular flexibility index (Phi) is 4.69. The third kappa shape index (κ3) is 3.33. The first kappa shape index (κ1) is 14.5. The number of aryl methyl sites for hydroxylation is 1. The van der Waals surface area contributed by atoms with Gasteiger partial charge in [0.1, 0.15) is 11.0 Å². The van der Waals surface area contributed by atoms with Crippen LogP contribution >= 0.6 is 11.6 Å². The van der Waals surface area contributed by atoms with Crippen molar-refractivity contribution in [2.24, 2.45) is 0 Å². The summed E-state index contributed by atoms with van der Waals surface area (Å²) < 4.78 is 13.1. The molecule has 3 nitrogen and oxygen atoms in total. The first-order valence-electron chi connectivity index (χ1n) is 6.32. The van der Waals surface area contributed by atoms with Gasteiger partial charge in [0, 0.05) is 5.69 Å². The molecule has 1 amide bonds. The van der Waals surface area contributed by atoms with E-state index in [1.807, 2.05) is 24.3 Å². The number of anilines is 1. The largest absolute Gasteiger partial charge is 0.322 e. The van der Waals surface area contributed by atoms with Crippen LogP contribution in [0, 0.1) is 5.82 Å². The van der Waals surface area contributed by atoms with E-state index >= 15 is 0 Å². The molecule has 1 aromatic heterocycles. The molecule has 0 spiro atoms. The highest BCUT2D eigenvalue weighted by atomic mass is 35.5. The quantitative estimate of drug-likeness (QED) is 0.863. The second-order valence-electron chi connectivity index (χ2n) is 4.35. The van der Waals surface area contributed by atoms with Crippen LogP contribution in [-0.4, -0.2) is 10.9 Å². The lowest BCUT2D eigenvalue weighted by Crippen LogP contribution is -2.14. The Balaban J connectivity index is 2.26. The minimum absolute atomic E-state index is 0.0168. The molecule has 0 bridgehead atoms. The first-order valence-corrected chi connectivity index (χ1v) is 6.70. The van der Waals surface area contributed by atoms with E-state index in [0.717, 1.165) is 30.7 Å². The van der Waals surface area contributed by atoms with Gasteiger partial charge in [-0.2, -0.15) is 0 Å². The fraction of sp³-hybridized carbons (Fsp3) is 0.200. The maximum atomic E-state index is 13.1. The van der Waals surface area contributed by atoms with Crippen LogP contribution in [0.3, 0.4) is 0 Å². The molecule has 0 aliphatic rings. The number of hydrogen-bond donors (Lipinski definition) is 1. The van der Waals surface area contributed by atoms with Crippen molar-refractivity contribution < 1.29 is 9.18 Å². The highest BCUT2D eigenvalue weighted by molar-refractivity contribution is 6.33. The van der Waals surface area contributed by atoms with Crippen molar-refractivity contribution in [3.05, 3.63) is 58.6 Å². The van der Waals surface area contributed by atoms with E-state index in [1.165, 1.54) is 0 Å². The molecule has 0 saturated heterocycles. The van der Waals surface area contributed by atoms with Crippen LogP contribution in [0.4, 0.5) is 10.1 Å². The average molecular weight is 293 g/mol. The van der Waals surface area contributed by atoms with Crippen molar-refractivity contribution in [3.8, 4) is 0 Å². The van der Waals surface area contributed by atoms with Crippen molar-refractivity contribution in [2.45, 2.75) is 19.8 Å². The Labute approximate surface area is 121 Å². The summed E-state index contributed by atoms with van der Waals surface area (Å²) in [5.74, 6) is -1.06. The van der Waals surface area contributed by atoms with Gasteiger partial charge in [0.05, 0.1) is 11.8 Å². The van der Waals surface area contributed by atoms with Crippen LogP contribution < -0.4 is 5.32 Å². The topological polar surface area (TPSA) is 42.0 Å². The summed E-state index contributed by atoms with van der Waals surface area (Å²) >= 11 is 5.82. The van der Waals surface area contributed by atoms with Crippen molar-refractivity contribution in [3.63, 3.8) is 0 Å². The zero-order chi connectivity index (χ0) is 14.5. The van der Waals surface area contributed by atoms with Crippen LogP contribution in [0.1, 0.15) is 29.3 Å². The van der Waals surface area contributed by atoms with Crippen LogP contribution in [0.15, 0.2) is 36.5 Å². The summed E-state index contributed by atoms with van der Waals surface area (Å²) in [5, 5.41) is 2.73. The smallest absolute Gasteiger partial charge is 0.258 e. The second-order valence-corrected chi connectivity index (χ2v) is 4.71. The van der Waals surface area contributed by atoms with Gasteiger partial charge < -0.3 is 5.32 Å². The normalized spacial score (nSPS) is 10.3. The Bertz CT molecular complexity index is 631. The molecule has 2 aromatic rings. The number of amides is 1. The number of rotatable bonds is 4. The predicted octanol–water partition coefficient (Wildman–Crippen LogP) is 4.08. The number of carbonyl (C=O) groups excluding carboxylic acids is 1. The zero-order valence-electron chi connectivity index (χ0n) is 11.0. The van der Waals surface area contributed by atoms with E-state index in [4.69, 9.17) is 11.6 Å².